The molecule has 5 nitrogen and oxygen atoms in total. The van der Waals surface area contributed by atoms with Gasteiger partial charge < -0.3 is 15.0 Å². The first-order chi connectivity index (χ1) is 12.4. The summed E-state index contributed by atoms with van der Waals surface area (Å²) in [6.45, 7) is 6.06. The third-order valence-electron chi connectivity index (χ3n) is 7.14. The van der Waals surface area contributed by atoms with Crippen LogP contribution in [0.15, 0.2) is 0 Å². The van der Waals surface area contributed by atoms with Crippen LogP contribution in [-0.2, 0) is 9.53 Å². The van der Waals surface area contributed by atoms with Crippen LogP contribution in [0.1, 0.15) is 65.2 Å². The number of rotatable bonds is 4. The molecule has 26 heavy (non-hydrogen) atoms. The maximum absolute atomic E-state index is 13.4. The van der Waals surface area contributed by atoms with Crippen LogP contribution in [0, 0.1) is 29.1 Å². The number of nitrogens with zero attached hydrogens (tertiary/aromatic N) is 1. The van der Waals surface area contributed by atoms with E-state index >= 15 is 0 Å². The van der Waals surface area contributed by atoms with E-state index in [4.69, 9.17) is 4.74 Å². The minimum atomic E-state index is -0.315. The zero-order chi connectivity index (χ0) is 18.3. The largest absolute Gasteiger partial charge is 0.449 e. The van der Waals surface area contributed by atoms with Gasteiger partial charge in [-0.3, -0.25) is 4.79 Å². The molecule has 4 aliphatic carbocycles. The van der Waals surface area contributed by atoms with Gasteiger partial charge in [0.2, 0.25) is 5.91 Å². The van der Waals surface area contributed by atoms with Gasteiger partial charge in [-0.05, 0) is 75.0 Å². The lowest BCUT2D eigenvalue weighted by Crippen LogP contribution is -2.56. The van der Waals surface area contributed by atoms with Gasteiger partial charge in [0.25, 0.3) is 0 Å². The molecule has 5 heteroatoms. The molecule has 1 saturated heterocycles. The molecule has 0 unspecified atom stereocenters. The molecule has 4 saturated carbocycles. The summed E-state index contributed by atoms with van der Waals surface area (Å²) in [5.74, 6) is 3.19. The van der Waals surface area contributed by atoms with Gasteiger partial charge in [0.1, 0.15) is 0 Å². The lowest BCUT2D eigenvalue weighted by molar-refractivity contribution is -0.158. The number of hydrogen-bond acceptors (Lipinski definition) is 3. The zero-order valence-electron chi connectivity index (χ0n) is 16.3. The molecule has 5 rings (SSSR count). The average molecular weight is 363 g/mol. The van der Waals surface area contributed by atoms with Crippen LogP contribution in [0.4, 0.5) is 4.79 Å². The Morgan fingerprint density at radius 2 is 1.58 bits per heavy atom. The van der Waals surface area contributed by atoms with Crippen molar-refractivity contribution in [1.82, 2.24) is 10.2 Å². The molecule has 2 amide bonds. The molecule has 0 radical (unpaired) electrons. The molecule has 1 aliphatic heterocycles. The number of alkyl carbamates (subject to hydrolysis) is 1. The summed E-state index contributed by atoms with van der Waals surface area (Å²) in [5, 5.41) is 2.97. The lowest BCUT2D eigenvalue weighted by Gasteiger charge is -2.57. The minimum absolute atomic E-state index is 0.0365. The van der Waals surface area contributed by atoms with Crippen molar-refractivity contribution in [2.75, 3.05) is 19.7 Å². The van der Waals surface area contributed by atoms with Crippen molar-refractivity contribution >= 4 is 12.0 Å². The Bertz CT molecular complexity index is 516. The van der Waals surface area contributed by atoms with Gasteiger partial charge in [-0.2, -0.15) is 0 Å². The van der Waals surface area contributed by atoms with Crippen LogP contribution < -0.4 is 5.32 Å². The Labute approximate surface area is 157 Å². The van der Waals surface area contributed by atoms with Gasteiger partial charge in [-0.25, -0.2) is 4.79 Å². The molecule has 1 heterocycles. The van der Waals surface area contributed by atoms with Crippen molar-refractivity contribution < 1.29 is 14.3 Å². The molecule has 0 aromatic heterocycles. The van der Waals surface area contributed by atoms with E-state index in [9.17, 15) is 9.59 Å². The maximum Gasteiger partial charge on any atom is 0.407 e. The summed E-state index contributed by atoms with van der Waals surface area (Å²) in [6.07, 6.45) is 8.89. The second-order valence-corrected chi connectivity index (χ2v) is 9.90. The van der Waals surface area contributed by atoms with Crippen molar-refractivity contribution in [3.05, 3.63) is 0 Å². The highest BCUT2D eigenvalue weighted by Gasteiger charge is 2.55. The number of piperidine rings is 1. The van der Waals surface area contributed by atoms with Crippen LogP contribution in [0.5, 0.6) is 0 Å². The predicted octanol–water partition coefficient (Wildman–Crippen LogP) is 3.58. The predicted molar refractivity (Wildman–Crippen MR) is 99.5 cm³/mol. The van der Waals surface area contributed by atoms with E-state index in [1.807, 2.05) is 13.8 Å². The van der Waals surface area contributed by atoms with Crippen LogP contribution in [-0.4, -0.2) is 42.6 Å². The van der Waals surface area contributed by atoms with Crippen molar-refractivity contribution in [2.24, 2.45) is 29.1 Å². The molecule has 0 spiro atoms. The summed E-state index contributed by atoms with van der Waals surface area (Å²) >= 11 is 0. The van der Waals surface area contributed by atoms with E-state index in [1.165, 1.54) is 19.3 Å². The first-order valence-electron chi connectivity index (χ1n) is 10.7. The highest BCUT2D eigenvalue weighted by atomic mass is 16.5. The molecule has 5 fully saturated rings. The van der Waals surface area contributed by atoms with Gasteiger partial charge in [0, 0.05) is 19.1 Å². The van der Waals surface area contributed by atoms with Crippen LogP contribution in [0.2, 0.25) is 0 Å². The summed E-state index contributed by atoms with van der Waals surface area (Å²) in [5.41, 5.74) is -0.0365. The topological polar surface area (TPSA) is 58.6 Å². The van der Waals surface area contributed by atoms with E-state index in [1.54, 1.807) is 0 Å². The molecule has 0 aromatic carbocycles. The highest BCUT2D eigenvalue weighted by molar-refractivity contribution is 5.83. The van der Waals surface area contributed by atoms with E-state index in [2.05, 4.69) is 10.2 Å². The standard InChI is InChI=1S/C21H34N2O3/c1-14(2)13-26-20(25)22-18-3-5-23(6-4-18)19(24)21-10-15-7-16(11-21)9-17(8-15)12-21/h14-18H,3-13H2,1-2H3,(H,22,25). The Morgan fingerprint density at radius 3 is 2.08 bits per heavy atom. The van der Waals surface area contributed by atoms with Crippen LogP contribution >= 0.6 is 0 Å². The molecule has 1 N–H and O–H groups in total. The Hall–Kier alpha value is -1.26. The van der Waals surface area contributed by atoms with E-state index in [-0.39, 0.29) is 17.6 Å². The smallest absolute Gasteiger partial charge is 0.407 e. The van der Waals surface area contributed by atoms with Crippen molar-refractivity contribution in [3.63, 3.8) is 0 Å². The molecule has 5 aliphatic rings. The number of amides is 2. The fourth-order valence-electron chi connectivity index (χ4n) is 6.39. The monoisotopic (exact) mass is 362 g/mol. The minimum Gasteiger partial charge on any atom is -0.449 e. The Kier molecular flexibility index (Phi) is 4.91. The first-order valence-corrected chi connectivity index (χ1v) is 10.7. The Morgan fingerprint density at radius 1 is 1.04 bits per heavy atom. The number of nitrogens with one attached hydrogen (secondary N) is 1. The summed E-state index contributed by atoms with van der Waals surface area (Å²) in [4.78, 5) is 27.3. The summed E-state index contributed by atoms with van der Waals surface area (Å²) < 4.78 is 5.21. The van der Waals surface area contributed by atoms with Crippen molar-refractivity contribution in [2.45, 2.75) is 71.3 Å². The fourth-order valence-corrected chi connectivity index (χ4v) is 6.39. The van der Waals surface area contributed by atoms with Gasteiger partial charge >= 0.3 is 6.09 Å². The van der Waals surface area contributed by atoms with Crippen molar-refractivity contribution in [1.29, 1.82) is 0 Å². The zero-order valence-corrected chi connectivity index (χ0v) is 16.3. The number of ether oxygens (including phenoxy) is 1. The van der Waals surface area contributed by atoms with Crippen molar-refractivity contribution in [3.8, 4) is 0 Å². The van der Waals surface area contributed by atoms with E-state index < -0.39 is 0 Å². The van der Waals surface area contributed by atoms with Gasteiger partial charge in [-0.15, -0.1) is 0 Å². The summed E-state index contributed by atoms with van der Waals surface area (Å²) in [6, 6.07) is 0.134. The summed E-state index contributed by atoms with van der Waals surface area (Å²) in [7, 11) is 0. The lowest BCUT2D eigenvalue weighted by atomic mass is 9.49. The molecule has 146 valence electrons. The fraction of sp³-hybridized carbons (Fsp3) is 0.905. The molecular weight excluding hydrogens is 328 g/mol. The number of carbonyl (C=O) groups is 2. The molecular formula is C21H34N2O3. The molecule has 0 atom stereocenters. The third kappa shape index (κ3) is 3.59. The molecule has 4 bridgehead atoms. The normalized spacial score (nSPS) is 36.4. The second kappa shape index (κ2) is 7.05. The quantitative estimate of drug-likeness (QED) is 0.832. The van der Waals surface area contributed by atoms with Crippen LogP contribution in [0.3, 0.4) is 0 Å². The first kappa shape index (κ1) is 18.1. The number of likely N-dealkylation sites (tertiary alicyclic amines) is 1. The average Bonchev–Trinajstić information content (AvgIpc) is 2.59. The number of carbonyl (C=O) groups excluding carboxylic acids is 2. The highest BCUT2D eigenvalue weighted by Crippen LogP contribution is 2.60. The Balaban J connectivity index is 1.28. The molecule has 0 aromatic rings. The third-order valence-corrected chi connectivity index (χ3v) is 7.14. The second-order valence-electron chi connectivity index (χ2n) is 9.90. The number of hydrogen-bond donors (Lipinski definition) is 1. The van der Waals surface area contributed by atoms with Gasteiger partial charge in [-0.1, -0.05) is 13.8 Å². The van der Waals surface area contributed by atoms with E-state index in [0.29, 0.717) is 18.4 Å². The maximum atomic E-state index is 13.4. The van der Waals surface area contributed by atoms with Crippen LogP contribution in [0.25, 0.3) is 0 Å². The SMILES string of the molecule is CC(C)COC(=O)NC1CCN(C(=O)C23CC4CC(CC(C4)C2)C3)CC1. The van der Waals surface area contributed by atoms with Gasteiger partial charge in [0.15, 0.2) is 0 Å². The van der Waals surface area contributed by atoms with Gasteiger partial charge in [0.05, 0.1) is 12.0 Å². The van der Waals surface area contributed by atoms with E-state index in [0.717, 1.165) is 62.9 Å².